The summed E-state index contributed by atoms with van der Waals surface area (Å²) in [7, 11) is 1.85. The van der Waals surface area contributed by atoms with Crippen LogP contribution < -0.4 is 10.2 Å². The van der Waals surface area contributed by atoms with Gasteiger partial charge in [0.15, 0.2) is 0 Å². The van der Waals surface area contributed by atoms with Crippen molar-refractivity contribution in [2.75, 3.05) is 25.0 Å². The highest BCUT2D eigenvalue weighted by Gasteiger charge is 2.52. The Bertz CT molecular complexity index is 1340. The Hall–Kier alpha value is -2.86. The molecule has 0 bridgehead atoms. The second kappa shape index (κ2) is 11.7. The van der Waals surface area contributed by atoms with Crippen LogP contribution in [0.15, 0.2) is 72.8 Å². The number of piperidine rings is 1. The van der Waals surface area contributed by atoms with E-state index in [4.69, 9.17) is 23.2 Å². The molecule has 3 aromatic rings. The predicted molar refractivity (Wildman–Crippen MR) is 159 cm³/mol. The Morgan fingerprint density at radius 3 is 2.38 bits per heavy atom. The number of carbonyl (C=O) groups is 2. The summed E-state index contributed by atoms with van der Waals surface area (Å²) in [5.41, 5.74) is 4.05. The van der Waals surface area contributed by atoms with E-state index in [1.165, 1.54) is 5.56 Å². The quantitative estimate of drug-likeness (QED) is 0.353. The lowest BCUT2D eigenvalue weighted by Crippen LogP contribution is -2.51. The summed E-state index contributed by atoms with van der Waals surface area (Å²) in [6, 6.07) is 23.8. The minimum atomic E-state index is -0.412. The first kappa shape index (κ1) is 27.7. The highest BCUT2D eigenvalue weighted by Crippen LogP contribution is 2.52. The standard InChI is InChI=1S/C32H35Cl2N3O2/c1-22(38)37-29-11-7-6-10-26(29)32(16-18-35-19-17-32)30(37)15-13-25(24-12-14-27(33)28(34)20-24)31(39)36(2)21-23-8-4-3-5-9-23/h3-12,14,20,25,30,35H,13,15-19,21H2,1-2H3/t25-,30+/m0/s1. The first-order valence-corrected chi connectivity index (χ1v) is 14.4. The van der Waals surface area contributed by atoms with Gasteiger partial charge in [-0.1, -0.05) is 77.8 Å². The van der Waals surface area contributed by atoms with Crippen molar-refractivity contribution in [1.29, 1.82) is 0 Å². The minimum absolute atomic E-state index is 0.0213. The third kappa shape index (κ3) is 5.45. The van der Waals surface area contributed by atoms with E-state index in [-0.39, 0.29) is 23.3 Å². The molecule has 1 fully saturated rings. The van der Waals surface area contributed by atoms with Crippen LogP contribution in [-0.4, -0.2) is 42.9 Å². The van der Waals surface area contributed by atoms with Gasteiger partial charge in [-0.3, -0.25) is 9.59 Å². The van der Waals surface area contributed by atoms with E-state index in [9.17, 15) is 9.59 Å². The summed E-state index contributed by atoms with van der Waals surface area (Å²) in [6.45, 7) is 3.98. The van der Waals surface area contributed by atoms with Crippen molar-refractivity contribution in [3.8, 4) is 0 Å². The van der Waals surface area contributed by atoms with E-state index in [0.717, 1.165) is 42.7 Å². The van der Waals surface area contributed by atoms with Crippen LogP contribution >= 0.6 is 23.2 Å². The second-order valence-electron chi connectivity index (χ2n) is 10.8. The Labute approximate surface area is 241 Å². The number of likely N-dealkylation sites (N-methyl/N-ethyl adjacent to an activating group) is 1. The molecule has 1 N–H and O–H groups in total. The van der Waals surface area contributed by atoms with Crippen molar-refractivity contribution in [2.24, 2.45) is 0 Å². The predicted octanol–water partition coefficient (Wildman–Crippen LogP) is 6.57. The minimum Gasteiger partial charge on any atom is -0.341 e. The maximum atomic E-state index is 14.0. The van der Waals surface area contributed by atoms with Crippen molar-refractivity contribution in [3.63, 3.8) is 0 Å². The van der Waals surface area contributed by atoms with Crippen LogP contribution in [0.25, 0.3) is 0 Å². The molecule has 2 heterocycles. The molecule has 1 saturated heterocycles. The molecule has 1 spiro atoms. The van der Waals surface area contributed by atoms with Crippen LogP contribution in [0.5, 0.6) is 0 Å². The lowest BCUT2D eigenvalue weighted by molar-refractivity contribution is -0.132. The molecule has 7 heteroatoms. The van der Waals surface area contributed by atoms with Crippen LogP contribution in [-0.2, 0) is 21.5 Å². The summed E-state index contributed by atoms with van der Waals surface area (Å²) >= 11 is 12.7. The van der Waals surface area contributed by atoms with Gasteiger partial charge in [0.2, 0.25) is 11.8 Å². The monoisotopic (exact) mass is 563 g/mol. The van der Waals surface area contributed by atoms with Gasteiger partial charge < -0.3 is 15.1 Å². The third-order valence-corrected chi connectivity index (χ3v) is 9.24. The number of halogens is 2. The lowest BCUT2D eigenvalue weighted by Gasteiger charge is -2.42. The molecule has 0 aromatic heterocycles. The summed E-state index contributed by atoms with van der Waals surface area (Å²) in [6.07, 6.45) is 3.20. The van der Waals surface area contributed by atoms with E-state index >= 15 is 0 Å². The number of para-hydroxylation sites is 1. The van der Waals surface area contributed by atoms with E-state index in [1.807, 2.05) is 60.5 Å². The van der Waals surface area contributed by atoms with Crippen molar-refractivity contribution < 1.29 is 9.59 Å². The van der Waals surface area contributed by atoms with E-state index < -0.39 is 5.92 Å². The van der Waals surface area contributed by atoms with Gasteiger partial charge in [0.05, 0.1) is 16.0 Å². The number of hydrogen-bond donors (Lipinski definition) is 1. The Morgan fingerprint density at radius 2 is 1.69 bits per heavy atom. The Balaban J connectivity index is 1.47. The van der Waals surface area contributed by atoms with E-state index in [2.05, 4.69) is 23.5 Å². The molecule has 2 aliphatic heterocycles. The average molecular weight is 565 g/mol. The first-order valence-electron chi connectivity index (χ1n) is 13.7. The van der Waals surface area contributed by atoms with Crippen LogP contribution in [0.4, 0.5) is 5.69 Å². The molecule has 5 rings (SSSR count). The molecular weight excluding hydrogens is 529 g/mol. The molecule has 0 unspecified atom stereocenters. The molecule has 2 atom stereocenters. The first-order chi connectivity index (χ1) is 18.8. The number of amides is 2. The van der Waals surface area contributed by atoms with Crippen LogP contribution in [0.1, 0.15) is 55.2 Å². The lowest BCUT2D eigenvalue weighted by atomic mass is 9.68. The molecule has 5 nitrogen and oxygen atoms in total. The van der Waals surface area contributed by atoms with Gasteiger partial charge in [0.1, 0.15) is 0 Å². The summed E-state index contributed by atoms with van der Waals surface area (Å²) < 4.78 is 0. The topological polar surface area (TPSA) is 52.7 Å². The van der Waals surface area contributed by atoms with Gasteiger partial charge in [-0.2, -0.15) is 0 Å². The Kier molecular flexibility index (Phi) is 8.32. The fourth-order valence-corrected chi connectivity index (χ4v) is 6.96. The van der Waals surface area contributed by atoms with Crippen LogP contribution in [0, 0.1) is 0 Å². The largest absolute Gasteiger partial charge is 0.341 e. The highest BCUT2D eigenvalue weighted by atomic mass is 35.5. The molecule has 204 valence electrons. The van der Waals surface area contributed by atoms with E-state index in [1.54, 1.807) is 17.9 Å². The highest BCUT2D eigenvalue weighted by molar-refractivity contribution is 6.42. The summed E-state index contributed by atoms with van der Waals surface area (Å²) in [5.74, 6) is -0.340. The number of nitrogens with zero attached hydrogens (tertiary/aromatic N) is 2. The fraction of sp³-hybridized carbons (Fsp3) is 0.375. The number of rotatable bonds is 7. The van der Waals surface area contributed by atoms with Gasteiger partial charge >= 0.3 is 0 Å². The van der Waals surface area contributed by atoms with Crippen molar-refractivity contribution in [1.82, 2.24) is 10.2 Å². The van der Waals surface area contributed by atoms with Crippen molar-refractivity contribution >= 4 is 40.7 Å². The Morgan fingerprint density at radius 1 is 1.00 bits per heavy atom. The number of nitrogens with one attached hydrogen (secondary N) is 1. The maximum Gasteiger partial charge on any atom is 0.230 e. The zero-order chi connectivity index (χ0) is 27.6. The van der Waals surface area contributed by atoms with Crippen molar-refractivity contribution in [3.05, 3.63) is 99.5 Å². The fourth-order valence-electron chi connectivity index (χ4n) is 6.66. The molecule has 0 aliphatic carbocycles. The van der Waals surface area contributed by atoms with Gasteiger partial charge in [0, 0.05) is 37.7 Å². The zero-order valence-electron chi connectivity index (χ0n) is 22.5. The SMILES string of the molecule is CC(=O)N1c2ccccc2C2(CCNCC2)[C@H]1CC[C@H](C(=O)N(C)Cc1ccccc1)c1ccc(Cl)c(Cl)c1. The molecule has 0 saturated carbocycles. The number of hydrogen-bond acceptors (Lipinski definition) is 3. The van der Waals surface area contributed by atoms with Crippen LogP contribution in [0.2, 0.25) is 10.0 Å². The molecule has 2 amide bonds. The number of carbonyl (C=O) groups excluding carboxylic acids is 2. The second-order valence-corrected chi connectivity index (χ2v) is 11.6. The molecule has 39 heavy (non-hydrogen) atoms. The summed E-state index contributed by atoms with van der Waals surface area (Å²) in [4.78, 5) is 30.9. The van der Waals surface area contributed by atoms with E-state index in [0.29, 0.717) is 29.4 Å². The third-order valence-electron chi connectivity index (χ3n) is 8.50. The maximum absolute atomic E-state index is 14.0. The molecule has 0 radical (unpaired) electrons. The van der Waals surface area contributed by atoms with Gasteiger partial charge in [0.25, 0.3) is 0 Å². The normalized spacial score (nSPS) is 18.6. The van der Waals surface area contributed by atoms with Crippen molar-refractivity contribution in [2.45, 2.75) is 56.5 Å². The van der Waals surface area contributed by atoms with Gasteiger partial charge in [-0.05, 0) is 73.7 Å². The smallest absolute Gasteiger partial charge is 0.230 e. The average Bonchev–Trinajstić information content (AvgIpc) is 3.20. The van der Waals surface area contributed by atoms with Gasteiger partial charge in [-0.15, -0.1) is 0 Å². The van der Waals surface area contributed by atoms with Crippen LogP contribution in [0.3, 0.4) is 0 Å². The number of anilines is 1. The number of fused-ring (bicyclic) bond motifs is 2. The molecular formula is C32H35Cl2N3O2. The van der Waals surface area contributed by atoms with Gasteiger partial charge in [-0.25, -0.2) is 0 Å². The number of benzene rings is 3. The molecule has 3 aromatic carbocycles. The summed E-state index contributed by atoms with van der Waals surface area (Å²) in [5, 5.41) is 4.40. The molecule has 2 aliphatic rings. The zero-order valence-corrected chi connectivity index (χ0v) is 24.0.